The molecule has 1 aliphatic carbocycles. The Morgan fingerprint density at radius 1 is 1.64 bits per heavy atom. The van der Waals surface area contributed by atoms with Crippen molar-refractivity contribution < 1.29 is 14.7 Å². The van der Waals surface area contributed by atoms with Gasteiger partial charge in [-0.3, -0.25) is 9.59 Å². The molecule has 0 fully saturated rings. The summed E-state index contributed by atoms with van der Waals surface area (Å²) in [5.41, 5.74) is 0.795. The van der Waals surface area contributed by atoms with Gasteiger partial charge < -0.3 is 5.11 Å². The molecule has 0 spiro atoms. The Labute approximate surface area is 83.8 Å². The Bertz CT molecular complexity index is 276. The molecule has 1 aliphatic rings. The van der Waals surface area contributed by atoms with Gasteiger partial charge in [0.15, 0.2) is 5.78 Å². The third kappa shape index (κ3) is 2.69. The molecule has 0 aromatic rings. The smallest absolute Gasteiger partial charge is 0.310 e. The van der Waals surface area contributed by atoms with Crippen LogP contribution in [0.4, 0.5) is 0 Å². The zero-order chi connectivity index (χ0) is 10.7. The van der Waals surface area contributed by atoms with Gasteiger partial charge >= 0.3 is 5.97 Å². The topological polar surface area (TPSA) is 54.4 Å². The van der Waals surface area contributed by atoms with Gasteiger partial charge in [0.25, 0.3) is 0 Å². The van der Waals surface area contributed by atoms with Crippen LogP contribution < -0.4 is 0 Å². The van der Waals surface area contributed by atoms with Crippen molar-refractivity contribution in [2.45, 2.75) is 33.1 Å². The van der Waals surface area contributed by atoms with E-state index in [4.69, 9.17) is 5.11 Å². The van der Waals surface area contributed by atoms with Gasteiger partial charge in [-0.15, -0.1) is 0 Å². The Morgan fingerprint density at radius 2 is 2.29 bits per heavy atom. The predicted molar refractivity (Wildman–Crippen MR) is 52.9 cm³/mol. The third-order valence-electron chi connectivity index (χ3n) is 2.42. The highest BCUT2D eigenvalue weighted by molar-refractivity contribution is 5.93. The van der Waals surface area contributed by atoms with Gasteiger partial charge in [-0.25, -0.2) is 0 Å². The van der Waals surface area contributed by atoms with E-state index in [1.807, 2.05) is 13.8 Å². The first-order valence-corrected chi connectivity index (χ1v) is 4.96. The molecule has 3 heteroatoms. The summed E-state index contributed by atoms with van der Waals surface area (Å²) < 4.78 is 0. The van der Waals surface area contributed by atoms with Gasteiger partial charge in [0.05, 0.1) is 5.92 Å². The van der Waals surface area contributed by atoms with E-state index in [1.54, 1.807) is 0 Å². The number of allylic oxidation sites excluding steroid dienone is 1. The molecule has 0 aromatic heterocycles. The number of hydrogen-bond acceptors (Lipinski definition) is 2. The fourth-order valence-corrected chi connectivity index (χ4v) is 1.81. The minimum absolute atomic E-state index is 0.0677. The third-order valence-corrected chi connectivity index (χ3v) is 2.42. The van der Waals surface area contributed by atoms with E-state index in [0.29, 0.717) is 25.2 Å². The van der Waals surface area contributed by atoms with Crippen LogP contribution in [0.25, 0.3) is 0 Å². The average molecular weight is 196 g/mol. The minimum atomic E-state index is -0.801. The highest BCUT2D eigenvalue weighted by Gasteiger charge is 2.27. The fraction of sp³-hybridized carbons (Fsp3) is 0.636. The van der Waals surface area contributed by atoms with Crippen molar-refractivity contribution in [2.24, 2.45) is 11.8 Å². The molecule has 1 N–H and O–H groups in total. The fourth-order valence-electron chi connectivity index (χ4n) is 1.81. The first-order valence-electron chi connectivity index (χ1n) is 4.96. The molecule has 1 unspecified atom stereocenters. The molecule has 78 valence electrons. The quantitative estimate of drug-likeness (QED) is 0.751. The highest BCUT2D eigenvalue weighted by atomic mass is 16.4. The molecular formula is C11H16O3. The number of rotatable bonds is 3. The summed E-state index contributed by atoms with van der Waals surface area (Å²) in [7, 11) is 0. The van der Waals surface area contributed by atoms with Crippen molar-refractivity contribution in [1.29, 1.82) is 0 Å². The number of carboxylic acids is 1. The Morgan fingerprint density at radius 3 is 2.79 bits per heavy atom. The van der Waals surface area contributed by atoms with Crippen molar-refractivity contribution in [3.05, 3.63) is 11.6 Å². The van der Waals surface area contributed by atoms with Crippen LogP contribution in [0.3, 0.4) is 0 Å². The standard InChI is InChI=1S/C11H16O3/c1-7(2)5-8-6-9(12)3-4-10(8)11(13)14/h6-7,10H,3-5H2,1-2H3,(H,13,14). The molecule has 0 saturated carbocycles. The second-order valence-corrected chi connectivity index (χ2v) is 4.21. The Hall–Kier alpha value is -1.12. The maximum atomic E-state index is 11.2. The lowest BCUT2D eigenvalue weighted by molar-refractivity contribution is -0.141. The average Bonchev–Trinajstić information content (AvgIpc) is 2.01. The molecule has 0 heterocycles. The highest BCUT2D eigenvalue weighted by Crippen LogP contribution is 2.28. The zero-order valence-electron chi connectivity index (χ0n) is 8.62. The maximum Gasteiger partial charge on any atom is 0.310 e. The van der Waals surface area contributed by atoms with Gasteiger partial charge in [-0.1, -0.05) is 19.4 Å². The summed E-state index contributed by atoms with van der Waals surface area (Å²) in [6.45, 7) is 4.05. The van der Waals surface area contributed by atoms with E-state index in [9.17, 15) is 9.59 Å². The summed E-state index contributed by atoms with van der Waals surface area (Å²) in [6, 6.07) is 0. The van der Waals surface area contributed by atoms with Crippen LogP contribution in [0.15, 0.2) is 11.6 Å². The molecular weight excluding hydrogens is 180 g/mol. The van der Waals surface area contributed by atoms with Gasteiger partial charge in [0.2, 0.25) is 0 Å². The van der Waals surface area contributed by atoms with Crippen molar-refractivity contribution >= 4 is 11.8 Å². The monoisotopic (exact) mass is 196 g/mol. The van der Waals surface area contributed by atoms with Crippen LogP contribution >= 0.6 is 0 Å². The van der Waals surface area contributed by atoms with Crippen LogP contribution in [0.1, 0.15) is 33.1 Å². The van der Waals surface area contributed by atoms with E-state index in [1.165, 1.54) is 6.08 Å². The summed E-state index contributed by atoms with van der Waals surface area (Å²) in [6.07, 6.45) is 3.08. The summed E-state index contributed by atoms with van der Waals surface area (Å²) in [4.78, 5) is 22.1. The molecule has 0 saturated heterocycles. The van der Waals surface area contributed by atoms with E-state index in [2.05, 4.69) is 0 Å². The van der Waals surface area contributed by atoms with Gasteiger partial charge in [-0.2, -0.15) is 0 Å². The van der Waals surface area contributed by atoms with E-state index in [0.717, 1.165) is 5.57 Å². The van der Waals surface area contributed by atoms with Crippen molar-refractivity contribution in [3.63, 3.8) is 0 Å². The van der Waals surface area contributed by atoms with E-state index < -0.39 is 11.9 Å². The van der Waals surface area contributed by atoms with Crippen LogP contribution in [-0.2, 0) is 9.59 Å². The van der Waals surface area contributed by atoms with Gasteiger partial charge in [0, 0.05) is 6.42 Å². The lowest BCUT2D eigenvalue weighted by Gasteiger charge is -2.21. The molecule has 0 amide bonds. The molecule has 0 radical (unpaired) electrons. The van der Waals surface area contributed by atoms with Gasteiger partial charge in [-0.05, 0) is 24.8 Å². The molecule has 3 nitrogen and oxygen atoms in total. The van der Waals surface area contributed by atoms with E-state index in [-0.39, 0.29) is 5.78 Å². The molecule has 0 aromatic carbocycles. The van der Waals surface area contributed by atoms with E-state index >= 15 is 0 Å². The largest absolute Gasteiger partial charge is 0.481 e. The number of carbonyl (C=O) groups is 2. The Balaban J connectivity index is 2.81. The first-order chi connectivity index (χ1) is 6.50. The summed E-state index contributed by atoms with van der Waals surface area (Å²) >= 11 is 0. The molecule has 1 atom stereocenters. The first kappa shape index (κ1) is 11.0. The van der Waals surface area contributed by atoms with Crippen LogP contribution in [0.5, 0.6) is 0 Å². The molecule has 1 rings (SSSR count). The summed E-state index contributed by atoms with van der Waals surface area (Å²) in [5, 5.41) is 8.96. The lowest BCUT2D eigenvalue weighted by atomic mass is 9.83. The number of carbonyl (C=O) groups excluding carboxylic acids is 1. The van der Waals surface area contributed by atoms with Crippen LogP contribution in [-0.4, -0.2) is 16.9 Å². The van der Waals surface area contributed by atoms with Crippen molar-refractivity contribution in [3.8, 4) is 0 Å². The molecule has 0 bridgehead atoms. The normalized spacial score (nSPS) is 22.4. The molecule has 0 aliphatic heterocycles. The number of carboxylic acid groups (broad SMARTS) is 1. The summed E-state index contributed by atoms with van der Waals surface area (Å²) in [5.74, 6) is -0.772. The van der Waals surface area contributed by atoms with Crippen molar-refractivity contribution in [2.75, 3.05) is 0 Å². The molecule has 14 heavy (non-hydrogen) atoms. The van der Waals surface area contributed by atoms with Crippen molar-refractivity contribution in [1.82, 2.24) is 0 Å². The van der Waals surface area contributed by atoms with Crippen LogP contribution in [0.2, 0.25) is 0 Å². The lowest BCUT2D eigenvalue weighted by Crippen LogP contribution is -2.22. The zero-order valence-corrected chi connectivity index (χ0v) is 8.62. The van der Waals surface area contributed by atoms with Crippen LogP contribution in [0, 0.1) is 11.8 Å². The Kier molecular flexibility index (Phi) is 3.44. The second kappa shape index (κ2) is 4.40. The number of ketones is 1. The SMILES string of the molecule is CC(C)CC1=CC(=O)CCC1C(=O)O. The predicted octanol–water partition coefficient (Wildman–Crippen LogP) is 2.02. The maximum absolute atomic E-state index is 11.2. The second-order valence-electron chi connectivity index (χ2n) is 4.21. The number of aliphatic carboxylic acids is 1. The number of hydrogen-bond donors (Lipinski definition) is 1. The minimum Gasteiger partial charge on any atom is -0.481 e. The van der Waals surface area contributed by atoms with Gasteiger partial charge in [0.1, 0.15) is 0 Å².